The summed E-state index contributed by atoms with van der Waals surface area (Å²) in [5.41, 5.74) is 5.88. The highest BCUT2D eigenvalue weighted by Crippen LogP contribution is 2.36. The maximum Gasteiger partial charge on any atom is 0.494 e. The Labute approximate surface area is 169 Å². The van der Waals surface area contributed by atoms with Gasteiger partial charge in [0.25, 0.3) is 0 Å². The number of aliphatic imine (C=N–C) groups is 1. The van der Waals surface area contributed by atoms with Gasteiger partial charge in [-0.3, -0.25) is 9.79 Å². The van der Waals surface area contributed by atoms with E-state index in [2.05, 4.69) is 72.5 Å². The molecular weight excluding hydrogens is 349 g/mol. The molecule has 0 unspecified atom stereocenters. The lowest BCUT2D eigenvalue weighted by atomic mass is 9.76. The van der Waals surface area contributed by atoms with Crippen LogP contribution in [0.3, 0.4) is 0 Å². The molecule has 0 bridgehead atoms. The molecule has 0 aliphatic carbocycles. The number of allylic oxidation sites excluding steroid dienone is 1. The number of ketones is 1. The minimum Gasteiger partial charge on any atom is -0.399 e. The maximum atomic E-state index is 12.1. The molecule has 5 heteroatoms. The summed E-state index contributed by atoms with van der Waals surface area (Å²) in [5, 5.41) is 0. The smallest absolute Gasteiger partial charge is 0.399 e. The molecule has 0 radical (unpaired) electrons. The molecule has 0 spiro atoms. The molecule has 28 heavy (non-hydrogen) atoms. The summed E-state index contributed by atoms with van der Waals surface area (Å²) in [7, 11) is -0.353. The third-order valence-corrected chi connectivity index (χ3v) is 6.29. The molecule has 1 aromatic carbocycles. The van der Waals surface area contributed by atoms with Crippen LogP contribution in [0.5, 0.6) is 0 Å². The first kappa shape index (κ1) is 21.0. The van der Waals surface area contributed by atoms with Crippen LogP contribution in [0.25, 0.3) is 0 Å². The first-order valence-corrected chi connectivity index (χ1v) is 10.1. The standard InChI is InChI=1S/C23H32BNO3/c1-14(2)19-11-18(25-13-21(19)26)12-20-15(3)9-17(10-16(20)4)24-27-22(5,6)23(7,8)28-24/h9-11,14H,12-13H2,1-8H3. The van der Waals surface area contributed by atoms with Crippen molar-refractivity contribution >= 4 is 24.1 Å². The van der Waals surface area contributed by atoms with Crippen molar-refractivity contribution in [3.05, 3.63) is 40.5 Å². The van der Waals surface area contributed by atoms with Crippen LogP contribution in [-0.2, 0) is 20.5 Å². The SMILES string of the molecule is Cc1cc(B2OC(C)(C)C(C)(C)O2)cc(C)c1CC1=NCC(=O)C(C(C)C)=C1. The second-order valence-electron chi connectivity index (χ2n) is 9.38. The van der Waals surface area contributed by atoms with E-state index in [4.69, 9.17) is 9.31 Å². The van der Waals surface area contributed by atoms with E-state index >= 15 is 0 Å². The molecule has 0 aromatic heterocycles. The van der Waals surface area contributed by atoms with Crippen molar-refractivity contribution in [3.63, 3.8) is 0 Å². The molecule has 0 saturated carbocycles. The fourth-order valence-corrected chi connectivity index (χ4v) is 3.77. The van der Waals surface area contributed by atoms with E-state index in [0.717, 1.165) is 23.2 Å². The Morgan fingerprint density at radius 1 is 1.07 bits per heavy atom. The molecule has 2 aliphatic rings. The number of Topliss-reactive ketones (excluding diaryl/α,β-unsaturated/α-hetero) is 1. The van der Waals surface area contributed by atoms with Crippen molar-refractivity contribution in [2.45, 2.75) is 73.0 Å². The molecule has 0 amide bonds. The van der Waals surface area contributed by atoms with Crippen LogP contribution >= 0.6 is 0 Å². The molecule has 1 fully saturated rings. The van der Waals surface area contributed by atoms with Crippen molar-refractivity contribution < 1.29 is 14.1 Å². The number of hydrogen-bond donors (Lipinski definition) is 0. The molecule has 4 nitrogen and oxygen atoms in total. The van der Waals surface area contributed by atoms with Gasteiger partial charge in [-0.25, -0.2) is 0 Å². The number of dihydropyridines is 1. The Morgan fingerprint density at radius 2 is 1.61 bits per heavy atom. The number of carbonyl (C=O) groups is 1. The number of aryl methyl sites for hydroxylation is 2. The van der Waals surface area contributed by atoms with Gasteiger partial charge in [-0.05, 0) is 75.7 Å². The van der Waals surface area contributed by atoms with Gasteiger partial charge in [-0.2, -0.15) is 0 Å². The van der Waals surface area contributed by atoms with E-state index in [1.54, 1.807) is 0 Å². The van der Waals surface area contributed by atoms with Gasteiger partial charge in [0.2, 0.25) is 0 Å². The summed E-state index contributed by atoms with van der Waals surface area (Å²) in [4.78, 5) is 16.6. The van der Waals surface area contributed by atoms with Crippen molar-refractivity contribution in [2.75, 3.05) is 6.54 Å². The van der Waals surface area contributed by atoms with Crippen LogP contribution in [0.2, 0.25) is 0 Å². The van der Waals surface area contributed by atoms with Crippen LogP contribution in [0.1, 0.15) is 58.2 Å². The number of hydrogen-bond acceptors (Lipinski definition) is 4. The molecule has 150 valence electrons. The van der Waals surface area contributed by atoms with Gasteiger partial charge in [0, 0.05) is 17.7 Å². The predicted octanol–water partition coefficient (Wildman–Crippen LogP) is 3.75. The Balaban J connectivity index is 1.85. The van der Waals surface area contributed by atoms with E-state index in [1.165, 1.54) is 16.7 Å². The van der Waals surface area contributed by atoms with E-state index in [9.17, 15) is 4.79 Å². The lowest BCUT2D eigenvalue weighted by Gasteiger charge is -2.32. The van der Waals surface area contributed by atoms with E-state index in [1.807, 2.05) is 6.08 Å². The quantitative estimate of drug-likeness (QED) is 0.747. The molecule has 3 rings (SSSR count). The van der Waals surface area contributed by atoms with E-state index in [0.29, 0.717) is 0 Å². The third-order valence-electron chi connectivity index (χ3n) is 6.29. The summed E-state index contributed by atoms with van der Waals surface area (Å²) in [6.45, 7) is 16.9. The lowest BCUT2D eigenvalue weighted by Crippen LogP contribution is -2.41. The van der Waals surface area contributed by atoms with Gasteiger partial charge >= 0.3 is 7.12 Å². The number of carbonyl (C=O) groups excluding carboxylic acids is 1. The molecule has 2 heterocycles. The second kappa shape index (κ2) is 7.27. The highest BCUT2D eigenvalue weighted by molar-refractivity contribution is 6.62. The third kappa shape index (κ3) is 3.88. The zero-order chi connectivity index (χ0) is 20.9. The number of benzene rings is 1. The minimum atomic E-state index is -0.353. The normalized spacial score (nSPS) is 21.2. The zero-order valence-corrected chi connectivity index (χ0v) is 18.5. The maximum absolute atomic E-state index is 12.1. The van der Waals surface area contributed by atoms with Gasteiger partial charge in [-0.1, -0.05) is 26.0 Å². The molecule has 0 atom stereocenters. The summed E-state index contributed by atoms with van der Waals surface area (Å²) in [6.07, 6.45) is 2.72. The fraction of sp³-hybridized carbons (Fsp3) is 0.565. The van der Waals surface area contributed by atoms with Gasteiger partial charge in [0.1, 0.15) is 6.54 Å². The van der Waals surface area contributed by atoms with Gasteiger partial charge in [0.15, 0.2) is 5.78 Å². The molecule has 1 saturated heterocycles. The van der Waals surface area contributed by atoms with Gasteiger partial charge < -0.3 is 9.31 Å². The zero-order valence-electron chi connectivity index (χ0n) is 18.5. The Kier molecular flexibility index (Phi) is 5.45. The summed E-state index contributed by atoms with van der Waals surface area (Å²) >= 11 is 0. The minimum absolute atomic E-state index is 0.142. The van der Waals surface area contributed by atoms with Crippen LogP contribution < -0.4 is 5.46 Å². The largest absolute Gasteiger partial charge is 0.494 e. The van der Waals surface area contributed by atoms with E-state index < -0.39 is 0 Å². The predicted molar refractivity (Wildman–Crippen MR) is 116 cm³/mol. The average Bonchev–Trinajstić information content (AvgIpc) is 2.80. The highest BCUT2D eigenvalue weighted by Gasteiger charge is 2.51. The topological polar surface area (TPSA) is 47.9 Å². The monoisotopic (exact) mass is 381 g/mol. The van der Waals surface area contributed by atoms with Crippen molar-refractivity contribution in [1.82, 2.24) is 0 Å². The van der Waals surface area contributed by atoms with Crippen LogP contribution in [0.4, 0.5) is 0 Å². The van der Waals surface area contributed by atoms with Crippen LogP contribution in [-0.4, -0.2) is 36.4 Å². The first-order valence-electron chi connectivity index (χ1n) is 10.1. The fourth-order valence-electron chi connectivity index (χ4n) is 3.77. The average molecular weight is 381 g/mol. The Bertz CT molecular complexity index is 826. The highest BCUT2D eigenvalue weighted by atomic mass is 16.7. The number of nitrogens with zero attached hydrogens (tertiary/aromatic N) is 1. The molecule has 1 aromatic rings. The van der Waals surface area contributed by atoms with Crippen LogP contribution in [0, 0.1) is 19.8 Å². The van der Waals surface area contributed by atoms with Crippen molar-refractivity contribution in [3.8, 4) is 0 Å². The number of rotatable bonds is 4. The van der Waals surface area contributed by atoms with Crippen LogP contribution in [0.15, 0.2) is 28.8 Å². The van der Waals surface area contributed by atoms with Gasteiger partial charge in [0.05, 0.1) is 11.2 Å². The summed E-state index contributed by atoms with van der Waals surface area (Å²) in [6, 6.07) is 4.32. The first-order chi connectivity index (χ1) is 12.9. The van der Waals surface area contributed by atoms with E-state index in [-0.39, 0.29) is 36.6 Å². The summed E-state index contributed by atoms with van der Waals surface area (Å²) < 4.78 is 12.4. The molecule has 2 aliphatic heterocycles. The van der Waals surface area contributed by atoms with Gasteiger partial charge in [-0.15, -0.1) is 0 Å². The van der Waals surface area contributed by atoms with Crippen molar-refractivity contribution in [2.24, 2.45) is 10.9 Å². The Morgan fingerprint density at radius 3 is 2.11 bits per heavy atom. The molecular formula is C23H32BNO3. The molecule has 0 N–H and O–H groups in total. The lowest BCUT2D eigenvalue weighted by molar-refractivity contribution is -0.114. The second-order valence-corrected chi connectivity index (χ2v) is 9.38. The van der Waals surface area contributed by atoms with Crippen molar-refractivity contribution in [1.29, 1.82) is 0 Å². The Hall–Kier alpha value is -1.72. The summed E-state index contributed by atoms with van der Waals surface area (Å²) in [5.74, 6) is 0.370.